The number of rotatable bonds is 10. The maximum Gasteiger partial charge on any atom is 0.191 e. The van der Waals surface area contributed by atoms with E-state index in [1.807, 2.05) is 0 Å². The van der Waals surface area contributed by atoms with Crippen LogP contribution in [-0.4, -0.2) is 46.7 Å². The number of H-pyrrole nitrogens is 1. The summed E-state index contributed by atoms with van der Waals surface area (Å²) >= 11 is 0. The van der Waals surface area contributed by atoms with Crippen LogP contribution in [0.15, 0.2) is 59.6 Å². The lowest BCUT2D eigenvalue weighted by molar-refractivity contribution is 0.0969. The second-order valence-corrected chi connectivity index (χ2v) is 9.44. The Morgan fingerprint density at radius 2 is 1.86 bits per heavy atom. The molecule has 3 N–H and O–H groups in total. The Labute approximate surface area is 212 Å². The van der Waals surface area contributed by atoms with Gasteiger partial charge < -0.3 is 24.9 Å². The van der Waals surface area contributed by atoms with E-state index < -0.39 is 40.1 Å². The van der Waals surface area contributed by atoms with Crippen molar-refractivity contribution in [2.45, 2.75) is 10.9 Å². The lowest BCUT2D eigenvalue weighted by Gasteiger charge is -2.22. The number of carbonyl (C=O) groups excluding carboxylic acids is 1. The summed E-state index contributed by atoms with van der Waals surface area (Å²) in [6.45, 7) is -0.510. The SMILES string of the molecule is COc1cc(NC(C(=O)c2c[nH]c3cc(F)c(F)cc23)c2ccc(F)cc2OCCO)cc(S(C)=O)c1. The molecule has 11 heteroatoms. The quantitative estimate of drug-likeness (QED) is 0.255. The molecule has 37 heavy (non-hydrogen) atoms. The molecule has 3 aromatic carbocycles. The fourth-order valence-corrected chi connectivity index (χ4v) is 4.47. The average molecular weight is 533 g/mol. The fraction of sp³-hybridized carbons (Fsp3) is 0.192. The number of methoxy groups -OCH3 is 1. The second kappa shape index (κ2) is 11.1. The number of aliphatic hydroxyl groups excluding tert-OH is 1. The minimum Gasteiger partial charge on any atom is -0.497 e. The number of aromatic amines is 1. The van der Waals surface area contributed by atoms with Crippen LogP contribution in [0.5, 0.6) is 11.5 Å². The summed E-state index contributed by atoms with van der Waals surface area (Å²) in [6.07, 6.45) is 2.82. The van der Waals surface area contributed by atoms with Gasteiger partial charge in [-0.15, -0.1) is 0 Å². The Balaban J connectivity index is 1.87. The van der Waals surface area contributed by atoms with Crippen LogP contribution in [0.4, 0.5) is 18.9 Å². The molecule has 0 saturated carbocycles. The Bertz CT molecular complexity index is 1490. The molecule has 0 aliphatic rings. The third-order valence-electron chi connectivity index (χ3n) is 5.64. The normalized spacial score (nSPS) is 12.8. The van der Waals surface area contributed by atoms with E-state index >= 15 is 0 Å². The van der Waals surface area contributed by atoms with Crippen LogP contribution in [0.2, 0.25) is 0 Å². The van der Waals surface area contributed by atoms with E-state index in [1.54, 1.807) is 18.2 Å². The molecular formula is C26H23F3N2O5S. The highest BCUT2D eigenvalue weighted by atomic mass is 32.2. The third-order valence-corrected chi connectivity index (χ3v) is 6.54. The molecule has 0 fully saturated rings. The van der Waals surface area contributed by atoms with Crippen LogP contribution in [0.3, 0.4) is 0 Å². The summed E-state index contributed by atoms with van der Waals surface area (Å²) in [5.74, 6) is -3.02. The van der Waals surface area contributed by atoms with Crippen LogP contribution in [0.25, 0.3) is 10.9 Å². The number of aliphatic hydroxyl groups is 1. The zero-order valence-electron chi connectivity index (χ0n) is 19.8. The molecule has 4 aromatic rings. The monoisotopic (exact) mass is 532 g/mol. The van der Waals surface area contributed by atoms with Gasteiger partial charge in [0, 0.05) is 74.1 Å². The smallest absolute Gasteiger partial charge is 0.191 e. The highest BCUT2D eigenvalue weighted by Gasteiger charge is 2.28. The first kappa shape index (κ1) is 26.2. The zero-order valence-corrected chi connectivity index (χ0v) is 20.6. The number of halogens is 3. The number of aromatic nitrogens is 1. The van der Waals surface area contributed by atoms with Crippen LogP contribution < -0.4 is 14.8 Å². The third kappa shape index (κ3) is 5.62. The van der Waals surface area contributed by atoms with Crippen molar-refractivity contribution in [2.24, 2.45) is 0 Å². The molecule has 0 spiro atoms. The van der Waals surface area contributed by atoms with Gasteiger partial charge in [-0.2, -0.15) is 0 Å². The minimum atomic E-state index is -1.38. The first-order valence-electron chi connectivity index (χ1n) is 11.0. The molecule has 0 saturated heterocycles. The topological polar surface area (TPSA) is 101 Å². The minimum absolute atomic E-state index is 0.000784. The highest BCUT2D eigenvalue weighted by molar-refractivity contribution is 7.84. The van der Waals surface area contributed by atoms with Crippen LogP contribution in [0, 0.1) is 17.5 Å². The summed E-state index contributed by atoms with van der Waals surface area (Å²) in [6, 6.07) is 8.97. The predicted octanol–water partition coefficient (Wildman–Crippen LogP) is 4.74. The fourth-order valence-electron chi connectivity index (χ4n) is 3.89. The molecule has 1 heterocycles. The Kier molecular flexibility index (Phi) is 7.84. The van der Waals surface area contributed by atoms with Gasteiger partial charge in [0.05, 0.1) is 13.7 Å². The summed E-state index contributed by atoms with van der Waals surface area (Å²) in [7, 11) is 0.0599. The summed E-state index contributed by atoms with van der Waals surface area (Å²) in [5.41, 5.74) is 0.837. The maximum absolute atomic E-state index is 14.1. The lowest BCUT2D eigenvalue weighted by atomic mass is 9.95. The van der Waals surface area contributed by atoms with Crippen molar-refractivity contribution in [1.82, 2.24) is 4.98 Å². The number of carbonyl (C=O) groups is 1. The summed E-state index contributed by atoms with van der Waals surface area (Å²) < 4.78 is 64.9. The summed E-state index contributed by atoms with van der Waals surface area (Å²) in [4.78, 5) is 17.1. The number of benzene rings is 3. The molecule has 0 bridgehead atoms. The van der Waals surface area contributed by atoms with E-state index in [0.29, 0.717) is 16.3 Å². The molecule has 2 atom stereocenters. The van der Waals surface area contributed by atoms with Crippen molar-refractivity contribution in [3.63, 3.8) is 0 Å². The molecule has 4 rings (SSSR count). The van der Waals surface area contributed by atoms with Crippen molar-refractivity contribution in [3.05, 3.63) is 83.3 Å². The van der Waals surface area contributed by atoms with Gasteiger partial charge in [0.1, 0.15) is 30.0 Å². The molecule has 194 valence electrons. The highest BCUT2D eigenvalue weighted by Crippen LogP contribution is 2.35. The predicted molar refractivity (Wildman–Crippen MR) is 133 cm³/mol. The zero-order chi connectivity index (χ0) is 26.7. The number of hydrogen-bond donors (Lipinski definition) is 3. The van der Waals surface area contributed by atoms with Crippen LogP contribution >= 0.6 is 0 Å². The van der Waals surface area contributed by atoms with Gasteiger partial charge in [-0.25, -0.2) is 13.2 Å². The average Bonchev–Trinajstić information content (AvgIpc) is 3.28. The molecule has 0 aliphatic carbocycles. The van der Waals surface area contributed by atoms with Crippen LogP contribution in [-0.2, 0) is 10.8 Å². The molecule has 1 aromatic heterocycles. The number of Topliss-reactive ketones (excluding diaryl/α,β-unsaturated/α-hetero) is 1. The van der Waals surface area contributed by atoms with E-state index in [1.165, 1.54) is 25.6 Å². The molecule has 0 radical (unpaired) electrons. The first-order chi connectivity index (χ1) is 17.7. The maximum atomic E-state index is 14.1. The molecule has 0 amide bonds. The molecule has 0 aliphatic heterocycles. The molecular weight excluding hydrogens is 509 g/mol. The second-order valence-electron chi connectivity index (χ2n) is 8.06. The number of ether oxygens (including phenoxy) is 2. The van der Waals surface area contributed by atoms with E-state index in [2.05, 4.69) is 10.3 Å². The number of hydrogen-bond acceptors (Lipinski definition) is 6. The lowest BCUT2D eigenvalue weighted by Crippen LogP contribution is -2.22. The summed E-state index contributed by atoms with van der Waals surface area (Å²) in [5, 5.41) is 12.4. The number of anilines is 1. The van der Waals surface area contributed by atoms with Gasteiger partial charge in [-0.3, -0.25) is 9.00 Å². The van der Waals surface area contributed by atoms with E-state index in [9.17, 15) is 27.3 Å². The van der Waals surface area contributed by atoms with E-state index in [-0.39, 0.29) is 41.0 Å². The van der Waals surface area contributed by atoms with Crippen molar-refractivity contribution < 1.29 is 36.8 Å². The van der Waals surface area contributed by atoms with Crippen LogP contribution in [0.1, 0.15) is 22.0 Å². The van der Waals surface area contributed by atoms with Gasteiger partial charge in [-0.05, 0) is 30.3 Å². The number of nitrogens with one attached hydrogen (secondary N) is 2. The van der Waals surface area contributed by atoms with Crippen molar-refractivity contribution in [2.75, 3.05) is 31.9 Å². The Morgan fingerprint density at radius 3 is 2.57 bits per heavy atom. The van der Waals surface area contributed by atoms with Gasteiger partial charge in [0.2, 0.25) is 0 Å². The van der Waals surface area contributed by atoms with Gasteiger partial charge in [0.25, 0.3) is 0 Å². The van der Waals surface area contributed by atoms with Crippen molar-refractivity contribution >= 4 is 33.2 Å². The molecule has 7 nitrogen and oxygen atoms in total. The van der Waals surface area contributed by atoms with E-state index in [0.717, 1.165) is 24.3 Å². The van der Waals surface area contributed by atoms with Gasteiger partial charge >= 0.3 is 0 Å². The van der Waals surface area contributed by atoms with Crippen molar-refractivity contribution in [1.29, 1.82) is 0 Å². The van der Waals surface area contributed by atoms with Crippen molar-refractivity contribution in [3.8, 4) is 11.5 Å². The number of ketones is 1. The van der Waals surface area contributed by atoms with Gasteiger partial charge in [0.15, 0.2) is 17.4 Å². The largest absolute Gasteiger partial charge is 0.497 e. The van der Waals surface area contributed by atoms with Gasteiger partial charge in [-0.1, -0.05) is 0 Å². The standard InChI is InChI=1S/C26H23F3N2O5S/c1-35-16-8-15(9-17(10-16)37(2)34)31-25(18-4-3-14(27)7-24(18)36-6-5-32)26(33)20-13-30-23-12-22(29)21(28)11-19(20)23/h3-4,7-13,25,30-32H,5-6H2,1-2H3. The first-order valence-corrected chi connectivity index (χ1v) is 12.6. The molecule has 2 unspecified atom stereocenters. The van der Waals surface area contributed by atoms with E-state index in [4.69, 9.17) is 9.47 Å². The Hall–Kier alpha value is -3.83. The number of fused-ring (bicyclic) bond motifs is 1. The Morgan fingerprint density at radius 1 is 1.11 bits per heavy atom.